The Morgan fingerprint density at radius 3 is 2.44 bits per heavy atom. The third-order valence-electron chi connectivity index (χ3n) is 2.02. The predicted molar refractivity (Wildman–Crippen MR) is 55.4 cm³/mol. The number of benzene rings is 1. The Morgan fingerprint density at radius 1 is 1.31 bits per heavy atom. The largest absolute Gasteiger partial charge is 0.474 e. The molecule has 0 aliphatic carbocycles. The van der Waals surface area contributed by atoms with Crippen molar-refractivity contribution in [3.8, 4) is 0 Å². The van der Waals surface area contributed by atoms with Gasteiger partial charge in [0.25, 0.3) is 0 Å². The van der Waals surface area contributed by atoms with Crippen molar-refractivity contribution < 1.29 is 35.9 Å². The maximum atomic E-state index is 10.7. The van der Waals surface area contributed by atoms with Gasteiger partial charge in [0, 0.05) is 6.54 Å². The molecule has 0 saturated carbocycles. The summed E-state index contributed by atoms with van der Waals surface area (Å²) in [6.07, 6.45) is 0.654. The first-order valence-electron chi connectivity index (χ1n) is 4.73. The van der Waals surface area contributed by atoms with Gasteiger partial charge in [-0.2, -0.15) is 0 Å². The van der Waals surface area contributed by atoms with Gasteiger partial charge >= 0.3 is 33.1 Å². The molecule has 0 aromatic heterocycles. The Labute approximate surface area is 104 Å². The van der Waals surface area contributed by atoms with Gasteiger partial charge in [0.1, 0.15) is 4.93 Å². The van der Waals surface area contributed by atoms with E-state index in [4.69, 9.17) is 5.11 Å². The van der Waals surface area contributed by atoms with E-state index in [1.165, 1.54) is 3.57 Å². The molecule has 16 heavy (non-hydrogen) atoms. The van der Waals surface area contributed by atoms with Crippen LogP contribution in [0.5, 0.6) is 0 Å². The van der Waals surface area contributed by atoms with Crippen LogP contribution < -0.4 is 26.5 Å². The zero-order valence-corrected chi connectivity index (χ0v) is 11.0. The third-order valence-corrected chi connectivity index (χ3v) is 3.99. The van der Waals surface area contributed by atoms with Crippen LogP contribution in [-0.4, -0.2) is 28.5 Å². The molecule has 2 N–H and O–H groups in total. The van der Waals surface area contributed by atoms with Crippen LogP contribution in [-0.2, 0) is 16.0 Å². The summed E-state index contributed by atoms with van der Waals surface area (Å²) < 4.78 is 1.37. The van der Waals surface area contributed by atoms with Crippen LogP contribution in [0.25, 0.3) is 0 Å². The Morgan fingerprint density at radius 2 is 1.94 bits per heavy atom. The number of carbonyl (C=O) groups excluding carboxylic acids is 1. The second-order valence-electron chi connectivity index (χ2n) is 3.13. The SMILES string of the molecule is C[I+]c1ccc(CCNC(=O)C(=O)O)cc1. The standard InChI is InChI=1S/C11H12INO3/c1-12-9-4-2-8(3-5-9)6-7-13-10(14)11(15)16/h2-5H,6-7H2,1H3,(H-,13,14,15,16)/p+1. The first kappa shape index (κ1) is 13.0. The van der Waals surface area contributed by atoms with Crippen LogP contribution >= 0.6 is 0 Å². The minimum Gasteiger partial charge on any atom is -0.474 e. The van der Waals surface area contributed by atoms with Crippen molar-refractivity contribution in [1.82, 2.24) is 5.32 Å². The van der Waals surface area contributed by atoms with Gasteiger partial charge in [0.05, 0.1) is 0 Å². The van der Waals surface area contributed by atoms with Crippen molar-refractivity contribution in [2.75, 3.05) is 11.5 Å². The van der Waals surface area contributed by atoms with E-state index < -0.39 is 11.9 Å². The zero-order valence-electron chi connectivity index (χ0n) is 8.87. The molecule has 0 aliphatic rings. The number of rotatable bonds is 4. The van der Waals surface area contributed by atoms with Gasteiger partial charge in [0.15, 0.2) is 3.57 Å². The molecule has 0 fully saturated rings. The summed E-state index contributed by atoms with van der Waals surface area (Å²) in [4.78, 5) is 23.1. The van der Waals surface area contributed by atoms with Crippen LogP contribution in [0.4, 0.5) is 0 Å². The minimum absolute atomic E-state index is 0.116. The molecule has 0 atom stereocenters. The molecular formula is C11H13INO3+. The summed E-state index contributed by atoms with van der Waals surface area (Å²) in [6.45, 7) is 0.353. The summed E-state index contributed by atoms with van der Waals surface area (Å²) >= 11 is 0.116. The van der Waals surface area contributed by atoms with Gasteiger partial charge in [-0.25, -0.2) is 4.79 Å². The van der Waals surface area contributed by atoms with Crippen LogP contribution in [0.1, 0.15) is 5.56 Å². The molecule has 1 rings (SSSR count). The Balaban J connectivity index is 2.37. The summed E-state index contributed by atoms with van der Waals surface area (Å²) in [5.41, 5.74) is 1.10. The van der Waals surface area contributed by atoms with Crippen molar-refractivity contribution in [3.05, 3.63) is 33.4 Å². The van der Waals surface area contributed by atoms with E-state index in [0.29, 0.717) is 13.0 Å². The van der Waals surface area contributed by atoms with Crippen molar-refractivity contribution in [2.45, 2.75) is 6.42 Å². The van der Waals surface area contributed by atoms with E-state index in [1.54, 1.807) is 0 Å². The van der Waals surface area contributed by atoms with Crippen LogP contribution in [0.15, 0.2) is 24.3 Å². The highest BCUT2D eigenvalue weighted by Crippen LogP contribution is 1.98. The van der Waals surface area contributed by atoms with Crippen LogP contribution in [0.2, 0.25) is 0 Å². The van der Waals surface area contributed by atoms with Gasteiger partial charge in [-0.3, -0.25) is 4.79 Å². The molecule has 1 aromatic carbocycles. The normalized spacial score (nSPS) is 9.81. The number of halogens is 1. The number of amides is 1. The minimum atomic E-state index is -1.44. The molecular weight excluding hydrogens is 321 g/mol. The first-order valence-corrected chi connectivity index (χ1v) is 7.96. The second kappa shape index (κ2) is 6.47. The van der Waals surface area contributed by atoms with E-state index in [1.807, 2.05) is 12.1 Å². The molecule has 1 amide bonds. The third kappa shape index (κ3) is 4.18. The second-order valence-corrected chi connectivity index (χ2v) is 5.45. The molecule has 0 bridgehead atoms. The molecule has 86 valence electrons. The van der Waals surface area contributed by atoms with Gasteiger partial charge in [0.2, 0.25) is 0 Å². The van der Waals surface area contributed by atoms with E-state index in [0.717, 1.165) is 5.56 Å². The highest BCUT2D eigenvalue weighted by molar-refractivity contribution is 6.31. The number of carboxylic acids is 1. The monoisotopic (exact) mass is 334 g/mol. The van der Waals surface area contributed by atoms with E-state index in [-0.39, 0.29) is 21.2 Å². The summed E-state index contributed by atoms with van der Waals surface area (Å²) in [6, 6.07) is 8.21. The zero-order chi connectivity index (χ0) is 12.0. The van der Waals surface area contributed by atoms with Gasteiger partial charge in [-0.05, 0) is 24.1 Å². The fourth-order valence-corrected chi connectivity index (χ4v) is 2.25. The molecule has 0 spiro atoms. The van der Waals surface area contributed by atoms with Crippen molar-refractivity contribution in [3.63, 3.8) is 0 Å². The lowest BCUT2D eigenvalue weighted by molar-refractivity contribution is -0.597. The molecule has 1 aromatic rings. The molecule has 0 unspecified atom stereocenters. The lowest BCUT2D eigenvalue weighted by Crippen LogP contribution is -3.60. The molecule has 0 radical (unpaired) electrons. The van der Waals surface area contributed by atoms with Crippen molar-refractivity contribution in [2.24, 2.45) is 0 Å². The molecule has 0 aliphatic heterocycles. The number of hydrogen-bond donors (Lipinski definition) is 2. The van der Waals surface area contributed by atoms with E-state index in [2.05, 4.69) is 22.4 Å². The molecule has 5 heteroatoms. The fraction of sp³-hybridized carbons (Fsp3) is 0.273. The van der Waals surface area contributed by atoms with Crippen molar-refractivity contribution in [1.29, 1.82) is 0 Å². The lowest BCUT2D eigenvalue weighted by Gasteiger charge is -2.01. The first-order chi connectivity index (χ1) is 7.63. The van der Waals surface area contributed by atoms with Crippen LogP contribution in [0.3, 0.4) is 0 Å². The number of aliphatic carboxylic acids is 1. The smallest absolute Gasteiger partial charge is 0.394 e. The van der Waals surface area contributed by atoms with Gasteiger partial charge in [-0.1, -0.05) is 12.1 Å². The fourth-order valence-electron chi connectivity index (χ4n) is 1.17. The maximum absolute atomic E-state index is 10.7. The van der Waals surface area contributed by atoms with Gasteiger partial charge < -0.3 is 10.4 Å². The summed E-state index contributed by atoms with van der Waals surface area (Å²) in [5, 5.41) is 10.7. The quantitative estimate of drug-likeness (QED) is 0.358. The maximum Gasteiger partial charge on any atom is 0.394 e. The van der Waals surface area contributed by atoms with E-state index in [9.17, 15) is 9.59 Å². The Bertz CT molecular complexity index is 375. The number of alkyl halides is 1. The predicted octanol–water partition coefficient (Wildman–Crippen LogP) is -2.68. The lowest BCUT2D eigenvalue weighted by atomic mass is 10.1. The molecule has 4 nitrogen and oxygen atoms in total. The highest BCUT2D eigenvalue weighted by Gasteiger charge is 2.09. The summed E-state index contributed by atoms with van der Waals surface area (Å²) in [7, 11) is 0. The number of carboxylic acid groups (broad SMARTS) is 1. The number of carbonyl (C=O) groups is 2. The van der Waals surface area contributed by atoms with Crippen molar-refractivity contribution >= 4 is 11.9 Å². The average molecular weight is 334 g/mol. The number of hydrogen-bond acceptors (Lipinski definition) is 2. The highest BCUT2D eigenvalue weighted by atomic mass is 127. The molecule has 0 saturated heterocycles. The average Bonchev–Trinajstić information content (AvgIpc) is 2.29. The Hall–Kier alpha value is -1.11. The van der Waals surface area contributed by atoms with Gasteiger partial charge in [-0.15, -0.1) is 0 Å². The Kier molecular flexibility index (Phi) is 5.24. The topological polar surface area (TPSA) is 66.4 Å². The van der Waals surface area contributed by atoms with E-state index >= 15 is 0 Å². The molecule has 0 heterocycles. The van der Waals surface area contributed by atoms with Crippen LogP contribution in [0, 0.1) is 3.57 Å². The number of nitrogens with one attached hydrogen (secondary N) is 1. The summed E-state index contributed by atoms with van der Waals surface area (Å²) in [5.74, 6) is -2.39.